The second-order valence-corrected chi connectivity index (χ2v) is 10.7. The van der Waals surface area contributed by atoms with Gasteiger partial charge in [-0.05, 0) is 99.3 Å². The molecule has 2 N–H and O–H groups in total. The van der Waals surface area contributed by atoms with Crippen molar-refractivity contribution < 1.29 is 4.74 Å². The highest BCUT2D eigenvalue weighted by atomic mass is 16.5. The molecule has 1 saturated heterocycles. The molecule has 1 aliphatic heterocycles. The molecule has 0 radical (unpaired) electrons. The summed E-state index contributed by atoms with van der Waals surface area (Å²) in [5, 5.41) is 3.55. The lowest BCUT2D eigenvalue weighted by molar-refractivity contribution is 0.0854. The molecular formula is C31H42N4O2. The molecule has 0 saturated carbocycles. The number of hydrogen-bond acceptors (Lipinski definition) is 5. The van der Waals surface area contributed by atoms with E-state index < -0.39 is 0 Å². The number of hydrogen-bond donors (Lipinski definition) is 2. The number of rotatable bonds is 9. The van der Waals surface area contributed by atoms with Gasteiger partial charge in [0.2, 0.25) is 0 Å². The Bertz CT molecular complexity index is 1260. The lowest BCUT2D eigenvalue weighted by Crippen LogP contribution is -2.37. The molecule has 0 spiro atoms. The van der Waals surface area contributed by atoms with Crippen molar-refractivity contribution in [3.05, 3.63) is 86.3 Å². The summed E-state index contributed by atoms with van der Waals surface area (Å²) >= 11 is 0. The third-order valence-electron chi connectivity index (χ3n) is 7.50. The van der Waals surface area contributed by atoms with Crippen LogP contribution in [0.5, 0.6) is 0 Å². The molecule has 1 aliphatic rings. The second kappa shape index (κ2) is 12.1. The fourth-order valence-corrected chi connectivity index (χ4v) is 5.33. The number of H-pyrrole nitrogens is 1. The van der Waals surface area contributed by atoms with Gasteiger partial charge in [-0.25, -0.2) is 0 Å². The molecule has 2 heterocycles. The summed E-state index contributed by atoms with van der Waals surface area (Å²) in [5.74, 6) is 0. The van der Waals surface area contributed by atoms with Crippen molar-refractivity contribution in [2.45, 2.75) is 59.3 Å². The normalized spacial score (nSPS) is 14.4. The van der Waals surface area contributed by atoms with Gasteiger partial charge in [-0.2, -0.15) is 0 Å². The summed E-state index contributed by atoms with van der Waals surface area (Å²) in [7, 11) is 6.41. The minimum Gasteiger partial charge on any atom is -0.381 e. The van der Waals surface area contributed by atoms with Crippen molar-refractivity contribution in [2.24, 2.45) is 0 Å². The van der Waals surface area contributed by atoms with E-state index in [1.165, 1.54) is 33.5 Å². The molecule has 0 aliphatic carbocycles. The molecule has 3 aromatic rings. The minimum atomic E-state index is -0.00627. The molecule has 0 unspecified atom stereocenters. The summed E-state index contributed by atoms with van der Waals surface area (Å²) in [5.41, 5.74) is 10.3. The first-order chi connectivity index (χ1) is 17.7. The Morgan fingerprint density at radius 1 is 0.946 bits per heavy atom. The highest BCUT2D eigenvalue weighted by molar-refractivity contribution is 5.72. The molecule has 2 aromatic carbocycles. The van der Waals surface area contributed by atoms with Gasteiger partial charge in [0.25, 0.3) is 5.56 Å². The van der Waals surface area contributed by atoms with Crippen molar-refractivity contribution >= 4 is 5.69 Å². The van der Waals surface area contributed by atoms with Crippen LogP contribution in [0.3, 0.4) is 0 Å². The first kappa shape index (κ1) is 27.1. The van der Waals surface area contributed by atoms with Crippen LogP contribution >= 0.6 is 0 Å². The molecule has 4 rings (SSSR count). The lowest BCUT2D eigenvalue weighted by Gasteiger charge is -2.34. The van der Waals surface area contributed by atoms with Crippen LogP contribution in [-0.2, 0) is 24.4 Å². The Morgan fingerprint density at radius 3 is 2.30 bits per heavy atom. The van der Waals surface area contributed by atoms with Crippen molar-refractivity contribution in [1.29, 1.82) is 0 Å². The number of nitrogens with zero attached hydrogens (tertiary/aromatic N) is 2. The number of aromatic amines is 1. The van der Waals surface area contributed by atoms with Crippen molar-refractivity contribution in [2.75, 3.05) is 39.3 Å². The van der Waals surface area contributed by atoms with E-state index in [0.29, 0.717) is 19.1 Å². The van der Waals surface area contributed by atoms with E-state index in [4.69, 9.17) is 4.74 Å². The van der Waals surface area contributed by atoms with Crippen molar-refractivity contribution in [1.82, 2.24) is 15.2 Å². The fourth-order valence-electron chi connectivity index (χ4n) is 5.33. The second-order valence-electron chi connectivity index (χ2n) is 10.7. The molecule has 1 aromatic heterocycles. The van der Waals surface area contributed by atoms with Gasteiger partial charge < -0.3 is 24.8 Å². The van der Waals surface area contributed by atoms with Crippen LogP contribution in [0, 0.1) is 20.8 Å². The predicted octanol–water partition coefficient (Wildman–Crippen LogP) is 4.93. The van der Waals surface area contributed by atoms with Crippen LogP contribution in [-0.4, -0.2) is 50.3 Å². The maximum atomic E-state index is 12.5. The van der Waals surface area contributed by atoms with Gasteiger partial charge in [0, 0.05) is 62.9 Å². The molecule has 6 nitrogen and oxygen atoms in total. The van der Waals surface area contributed by atoms with Crippen LogP contribution in [0.25, 0.3) is 11.1 Å². The number of aromatic nitrogens is 1. The van der Waals surface area contributed by atoms with Gasteiger partial charge in [-0.1, -0.05) is 24.3 Å². The summed E-state index contributed by atoms with van der Waals surface area (Å²) in [6.45, 7) is 9.94. The third-order valence-corrected chi connectivity index (χ3v) is 7.50. The third kappa shape index (κ3) is 6.69. The molecule has 6 heteroatoms. The quantitative estimate of drug-likeness (QED) is 0.434. The van der Waals surface area contributed by atoms with Crippen LogP contribution in [0.15, 0.2) is 47.3 Å². The largest absolute Gasteiger partial charge is 0.381 e. The maximum Gasteiger partial charge on any atom is 0.252 e. The molecule has 198 valence electrons. The molecular weight excluding hydrogens is 460 g/mol. The molecule has 0 amide bonds. The fraction of sp³-hybridized carbons (Fsp3) is 0.452. The smallest absolute Gasteiger partial charge is 0.252 e. The highest BCUT2D eigenvalue weighted by Crippen LogP contribution is 2.33. The van der Waals surface area contributed by atoms with Crippen LogP contribution in [0.1, 0.15) is 46.4 Å². The van der Waals surface area contributed by atoms with E-state index in [1.54, 1.807) is 0 Å². The predicted molar refractivity (Wildman–Crippen MR) is 153 cm³/mol. The zero-order valence-electron chi connectivity index (χ0n) is 23.3. The van der Waals surface area contributed by atoms with E-state index in [1.807, 2.05) is 19.9 Å². The van der Waals surface area contributed by atoms with Crippen LogP contribution in [0.2, 0.25) is 0 Å². The SMILES string of the molecule is Cc1cc(C)c(CNCc2cc(-c3ccc(CN(C)C)cc3)cc(N(C)C3CCOCC3)c2C)c(=O)[nH]1. The van der Waals surface area contributed by atoms with Crippen molar-refractivity contribution in [3.8, 4) is 11.1 Å². The first-order valence-electron chi connectivity index (χ1n) is 13.3. The molecule has 0 atom stereocenters. The van der Waals surface area contributed by atoms with E-state index >= 15 is 0 Å². The highest BCUT2D eigenvalue weighted by Gasteiger charge is 2.22. The van der Waals surface area contributed by atoms with Gasteiger partial charge in [0.1, 0.15) is 0 Å². The number of pyridine rings is 1. The average Bonchev–Trinajstić information content (AvgIpc) is 2.86. The minimum absolute atomic E-state index is 0.00627. The zero-order valence-corrected chi connectivity index (χ0v) is 23.3. The van der Waals surface area contributed by atoms with Crippen LogP contribution in [0.4, 0.5) is 5.69 Å². The van der Waals surface area contributed by atoms with E-state index in [0.717, 1.165) is 49.4 Å². The number of benzene rings is 2. The van der Waals surface area contributed by atoms with E-state index in [2.05, 4.69) is 84.6 Å². The summed E-state index contributed by atoms with van der Waals surface area (Å²) in [4.78, 5) is 20.1. The van der Waals surface area contributed by atoms with Crippen molar-refractivity contribution in [3.63, 3.8) is 0 Å². The maximum absolute atomic E-state index is 12.5. The Balaban J connectivity index is 1.63. The van der Waals surface area contributed by atoms with Crippen LogP contribution < -0.4 is 15.8 Å². The molecule has 0 bridgehead atoms. The van der Waals surface area contributed by atoms with Gasteiger partial charge in [0.15, 0.2) is 0 Å². The number of anilines is 1. The summed E-state index contributed by atoms with van der Waals surface area (Å²) < 4.78 is 5.62. The van der Waals surface area contributed by atoms with E-state index in [9.17, 15) is 4.79 Å². The van der Waals surface area contributed by atoms with Gasteiger partial charge in [-0.3, -0.25) is 4.79 Å². The Hall–Kier alpha value is -2.93. The number of aryl methyl sites for hydroxylation is 2. The average molecular weight is 503 g/mol. The van der Waals surface area contributed by atoms with E-state index in [-0.39, 0.29) is 5.56 Å². The number of nitrogens with one attached hydrogen (secondary N) is 2. The Kier molecular flexibility index (Phi) is 8.85. The monoisotopic (exact) mass is 502 g/mol. The summed E-state index contributed by atoms with van der Waals surface area (Å²) in [6.07, 6.45) is 2.09. The lowest BCUT2D eigenvalue weighted by atomic mass is 9.95. The molecule has 1 fully saturated rings. The summed E-state index contributed by atoms with van der Waals surface area (Å²) in [6, 6.07) is 16.1. The van der Waals surface area contributed by atoms with Gasteiger partial charge in [-0.15, -0.1) is 0 Å². The topological polar surface area (TPSA) is 60.6 Å². The first-order valence-corrected chi connectivity index (χ1v) is 13.3. The Labute approximate surface area is 221 Å². The number of ether oxygens (including phenoxy) is 1. The van der Waals surface area contributed by atoms with Gasteiger partial charge >= 0.3 is 0 Å². The Morgan fingerprint density at radius 2 is 1.65 bits per heavy atom. The standard InChI is InChI=1S/C31H42N4O2/c1-21-15-22(2)33-31(36)29(21)19-32-18-27-16-26(25-9-7-24(8-10-25)20-34(4)5)17-30(23(27)3)35(6)28-11-13-37-14-12-28/h7-10,15-17,28,32H,11-14,18-20H2,1-6H3,(H,33,36). The molecule has 37 heavy (non-hydrogen) atoms. The zero-order chi connectivity index (χ0) is 26.5. The van der Waals surface area contributed by atoms with Gasteiger partial charge in [0.05, 0.1) is 0 Å².